The van der Waals surface area contributed by atoms with Crippen LogP contribution in [0.5, 0.6) is 0 Å². The molecule has 1 saturated carbocycles. The summed E-state index contributed by atoms with van der Waals surface area (Å²) in [6.45, 7) is 2.15. The molecule has 3 heteroatoms. The zero-order valence-corrected chi connectivity index (χ0v) is 13.7. The fourth-order valence-electron chi connectivity index (χ4n) is 2.76. The van der Waals surface area contributed by atoms with E-state index in [1.165, 1.54) is 24.0 Å². The minimum Gasteiger partial charge on any atom is -0.381 e. The van der Waals surface area contributed by atoms with Crippen LogP contribution in [0.1, 0.15) is 29.9 Å². The Bertz CT molecular complexity index is 620. The highest BCUT2D eigenvalue weighted by Crippen LogP contribution is 2.39. The summed E-state index contributed by atoms with van der Waals surface area (Å²) in [6.07, 6.45) is 2.35. The Morgan fingerprint density at radius 2 is 1.95 bits per heavy atom. The van der Waals surface area contributed by atoms with Crippen LogP contribution in [0.25, 0.3) is 0 Å². The first-order chi connectivity index (χ1) is 9.61. The fourth-order valence-corrected chi connectivity index (χ4v) is 3.49. The van der Waals surface area contributed by atoms with Gasteiger partial charge in [0.1, 0.15) is 0 Å². The standard InChI is InChI=1S/C17H17BrClN/c1-11-3-2-4-12(7-11)13-8-15(9-13)20-17-6-5-14(18)10-16(17)19/h2-7,10,13,15,20H,8-9H2,1H3. The molecular formula is C17H17BrClN. The zero-order valence-electron chi connectivity index (χ0n) is 11.4. The van der Waals surface area contributed by atoms with Gasteiger partial charge in [-0.3, -0.25) is 0 Å². The maximum Gasteiger partial charge on any atom is 0.0648 e. The molecule has 0 atom stereocenters. The molecule has 0 aromatic heterocycles. The Morgan fingerprint density at radius 3 is 2.65 bits per heavy atom. The van der Waals surface area contributed by atoms with E-state index in [1.54, 1.807) is 0 Å². The van der Waals surface area contributed by atoms with Gasteiger partial charge in [-0.05, 0) is 49.4 Å². The molecule has 0 bridgehead atoms. The minimum absolute atomic E-state index is 0.527. The van der Waals surface area contributed by atoms with Gasteiger partial charge < -0.3 is 5.32 Å². The van der Waals surface area contributed by atoms with Crippen LogP contribution >= 0.6 is 27.5 Å². The Labute approximate surface area is 133 Å². The largest absolute Gasteiger partial charge is 0.381 e. The van der Waals surface area contributed by atoms with Crippen molar-refractivity contribution in [2.75, 3.05) is 5.32 Å². The van der Waals surface area contributed by atoms with E-state index in [2.05, 4.69) is 52.4 Å². The third kappa shape index (κ3) is 3.02. The van der Waals surface area contributed by atoms with Gasteiger partial charge in [-0.15, -0.1) is 0 Å². The zero-order chi connectivity index (χ0) is 14.1. The third-order valence-corrected chi connectivity index (χ3v) is 4.75. The topological polar surface area (TPSA) is 12.0 Å². The van der Waals surface area contributed by atoms with Crippen LogP contribution in [-0.4, -0.2) is 6.04 Å². The Hall–Kier alpha value is -0.990. The summed E-state index contributed by atoms with van der Waals surface area (Å²) < 4.78 is 1.01. The second kappa shape index (κ2) is 5.79. The maximum absolute atomic E-state index is 6.24. The summed E-state index contributed by atoms with van der Waals surface area (Å²) in [7, 11) is 0. The number of hydrogen-bond acceptors (Lipinski definition) is 1. The Balaban J connectivity index is 1.61. The molecule has 3 rings (SSSR count). The monoisotopic (exact) mass is 349 g/mol. The fraction of sp³-hybridized carbons (Fsp3) is 0.294. The molecule has 2 aromatic rings. The number of rotatable bonds is 3. The first-order valence-corrected chi connectivity index (χ1v) is 8.07. The lowest BCUT2D eigenvalue weighted by Gasteiger charge is -2.37. The van der Waals surface area contributed by atoms with Gasteiger partial charge in [0.25, 0.3) is 0 Å². The highest BCUT2D eigenvalue weighted by atomic mass is 79.9. The number of aryl methyl sites for hydroxylation is 1. The first-order valence-electron chi connectivity index (χ1n) is 6.90. The first kappa shape index (κ1) is 14.0. The van der Waals surface area contributed by atoms with Crippen LogP contribution in [-0.2, 0) is 0 Å². The van der Waals surface area contributed by atoms with E-state index < -0.39 is 0 Å². The van der Waals surface area contributed by atoms with E-state index in [9.17, 15) is 0 Å². The van der Waals surface area contributed by atoms with Crippen molar-refractivity contribution in [3.63, 3.8) is 0 Å². The van der Waals surface area contributed by atoms with Crippen molar-refractivity contribution in [3.8, 4) is 0 Å². The summed E-state index contributed by atoms with van der Waals surface area (Å²) in [5, 5.41) is 4.31. The molecule has 1 N–H and O–H groups in total. The lowest BCUT2D eigenvalue weighted by molar-refractivity contribution is 0.374. The van der Waals surface area contributed by atoms with Gasteiger partial charge in [-0.2, -0.15) is 0 Å². The minimum atomic E-state index is 0.527. The lowest BCUT2D eigenvalue weighted by atomic mass is 9.75. The van der Waals surface area contributed by atoms with E-state index in [4.69, 9.17) is 11.6 Å². The van der Waals surface area contributed by atoms with Gasteiger partial charge in [0.2, 0.25) is 0 Å². The molecule has 20 heavy (non-hydrogen) atoms. The van der Waals surface area contributed by atoms with Crippen LogP contribution in [0.2, 0.25) is 5.02 Å². The van der Waals surface area contributed by atoms with Crippen LogP contribution in [0, 0.1) is 6.92 Å². The molecule has 0 spiro atoms. The smallest absolute Gasteiger partial charge is 0.0648 e. The molecular weight excluding hydrogens is 334 g/mol. The summed E-state index contributed by atoms with van der Waals surface area (Å²) in [4.78, 5) is 0. The Morgan fingerprint density at radius 1 is 1.15 bits per heavy atom. The molecule has 2 aromatic carbocycles. The van der Waals surface area contributed by atoms with Crippen molar-refractivity contribution in [3.05, 3.63) is 63.1 Å². The number of halogens is 2. The van der Waals surface area contributed by atoms with Crippen LogP contribution in [0.15, 0.2) is 46.9 Å². The normalized spacial score (nSPS) is 21.4. The summed E-state index contributed by atoms with van der Waals surface area (Å²) >= 11 is 9.66. The molecule has 0 unspecified atom stereocenters. The molecule has 104 valence electrons. The lowest BCUT2D eigenvalue weighted by Crippen LogP contribution is -2.34. The van der Waals surface area contributed by atoms with E-state index in [0.717, 1.165) is 15.2 Å². The second-order valence-corrected chi connectivity index (χ2v) is 6.87. The predicted octanol–water partition coefficient (Wildman–Crippen LogP) is 5.77. The van der Waals surface area contributed by atoms with Crippen molar-refractivity contribution in [1.82, 2.24) is 0 Å². The van der Waals surface area contributed by atoms with E-state index in [1.807, 2.05) is 18.2 Å². The van der Waals surface area contributed by atoms with Gasteiger partial charge in [0.15, 0.2) is 0 Å². The van der Waals surface area contributed by atoms with Crippen molar-refractivity contribution >= 4 is 33.2 Å². The van der Waals surface area contributed by atoms with Crippen molar-refractivity contribution in [1.29, 1.82) is 0 Å². The summed E-state index contributed by atoms with van der Waals surface area (Å²) in [5.41, 5.74) is 3.84. The molecule has 0 aliphatic heterocycles. The number of nitrogens with one attached hydrogen (secondary N) is 1. The van der Waals surface area contributed by atoms with Gasteiger partial charge in [-0.1, -0.05) is 57.4 Å². The van der Waals surface area contributed by atoms with Crippen LogP contribution in [0.3, 0.4) is 0 Å². The SMILES string of the molecule is Cc1cccc(C2CC(Nc3ccc(Br)cc3Cl)C2)c1. The number of benzene rings is 2. The van der Waals surface area contributed by atoms with Gasteiger partial charge in [0.05, 0.1) is 10.7 Å². The van der Waals surface area contributed by atoms with Crippen LogP contribution in [0.4, 0.5) is 5.69 Å². The van der Waals surface area contributed by atoms with Gasteiger partial charge >= 0.3 is 0 Å². The Kier molecular flexibility index (Phi) is 4.04. The molecule has 0 radical (unpaired) electrons. The second-order valence-electron chi connectivity index (χ2n) is 5.55. The molecule has 1 aliphatic rings. The van der Waals surface area contributed by atoms with E-state index in [0.29, 0.717) is 12.0 Å². The molecule has 1 aliphatic carbocycles. The van der Waals surface area contributed by atoms with E-state index in [-0.39, 0.29) is 0 Å². The van der Waals surface area contributed by atoms with Gasteiger partial charge in [0, 0.05) is 10.5 Å². The van der Waals surface area contributed by atoms with Crippen molar-refractivity contribution in [2.45, 2.75) is 31.7 Å². The molecule has 0 saturated heterocycles. The molecule has 1 fully saturated rings. The summed E-state index contributed by atoms with van der Waals surface area (Å²) in [5.74, 6) is 0.682. The molecule has 0 amide bonds. The summed E-state index contributed by atoms with van der Waals surface area (Å²) in [6, 6.07) is 15.3. The number of hydrogen-bond donors (Lipinski definition) is 1. The van der Waals surface area contributed by atoms with Crippen molar-refractivity contribution in [2.24, 2.45) is 0 Å². The highest BCUT2D eigenvalue weighted by Gasteiger charge is 2.30. The average molecular weight is 351 g/mol. The predicted molar refractivity (Wildman–Crippen MR) is 89.7 cm³/mol. The van der Waals surface area contributed by atoms with Gasteiger partial charge in [-0.25, -0.2) is 0 Å². The van der Waals surface area contributed by atoms with Crippen molar-refractivity contribution < 1.29 is 0 Å². The maximum atomic E-state index is 6.24. The van der Waals surface area contributed by atoms with E-state index >= 15 is 0 Å². The highest BCUT2D eigenvalue weighted by molar-refractivity contribution is 9.10. The third-order valence-electron chi connectivity index (χ3n) is 3.94. The molecule has 0 heterocycles. The average Bonchev–Trinajstić information content (AvgIpc) is 2.35. The van der Waals surface area contributed by atoms with Crippen LogP contribution < -0.4 is 5.32 Å². The molecule has 1 nitrogen and oxygen atoms in total. The number of anilines is 1. The quantitative estimate of drug-likeness (QED) is 0.741.